The lowest BCUT2D eigenvalue weighted by Gasteiger charge is -2.18. The van der Waals surface area contributed by atoms with Crippen LogP contribution in [0.4, 0.5) is 4.39 Å². The van der Waals surface area contributed by atoms with Crippen molar-refractivity contribution in [1.82, 2.24) is 0 Å². The minimum atomic E-state index is -0.226. The summed E-state index contributed by atoms with van der Waals surface area (Å²) in [5.41, 5.74) is 0.935. The molecule has 1 unspecified atom stereocenters. The Labute approximate surface area is 105 Å². The highest BCUT2D eigenvalue weighted by molar-refractivity contribution is 7.99. The van der Waals surface area contributed by atoms with Crippen LogP contribution in [0.3, 0.4) is 0 Å². The Morgan fingerprint density at radius 3 is 2.71 bits per heavy atom. The first-order valence-corrected chi connectivity index (χ1v) is 6.70. The van der Waals surface area contributed by atoms with Crippen LogP contribution in [0.25, 0.3) is 6.08 Å². The maximum atomic E-state index is 12.7. The molecule has 0 aliphatic carbocycles. The molecular weight excluding hydrogens is 237 g/mol. The predicted octanol–water partition coefficient (Wildman–Crippen LogP) is 3.00. The molecular formula is C13H14FNOS. The van der Waals surface area contributed by atoms with Crippen LogP contribution in [0.15, 0.2) is 35.3 Å². The van der Waals surface area contributed by atoms with Crippen LogP contribution < -0.4 is 0 Å². The van der Waals surface area contributed by atoms with Gasteiger partial charge in [0.2, 0.25) is 5.90 Å². The summed E-state index contributed by atoms with van der Waals surface area (Å²) in [6.45, 7) is 1.50. The molecule has 0 radical (unpaired) electrons. The summed E-state index contributed by atoms with van der Waals surface area (Å²) in [7, 11) is 0. The molecule has 1 aliphatic rings. The maximum Gasteiger partial charge on any atom is 0.208 e. The van der Waals surface area contributed by atoms with Crippen molar-refractivity contribution < 1.29 is 9.13 Å². The lowest BCUT2D eigenvalue weighted by atomic mass is 10.2. The van der Waals surface area contributed by atoms with Gasteiger partial charge in [-0.3, -0.25) is 4.99 Å². The number of benzene rings is 1. The van der Waals surface area contributed by atoms with Crippen molar-refractivity contribution in [2.24, 2.45) is 4.99 Å². The van der Waals surface area contributed by atoms with E-state index in [-0.39, 0.29) is 5.82 Å². The fourth-order valence-electron chi connectivity index (χ4n) is 1.45. The molecule has 0 saturated carbocycles. The summed E-state index contributed by atoms with van der Waals surface area (Å²) in [5.74, 6) is 0.427. The van der Waals surface area contributed by atoms with Crippen LogP contribution in [0.1, 0.15) is 5.56 Å². The summed E-state index contributed by atoms with van der Waals surface area (Å²) in [4.78, 5) is 4.33. The molecule has 1 aromatic rings. The van der Waals surface area contributed by atoms with Gasteiger partial charge in [-0.25, -0.2) is 4.39 Å². The smallest absolute Gasteiger partial charge is 0.208 e. The average Bonchev–Trinajstić information content (AvgIpc) is 2.39. The molecule has 4 heteroatoms. The Morgan fingerprint density at radius 2 is 2.12 bits per heavy atom. The summed E-state index contributed by atoms with van der Waals surface area (Å²) >= 11 is 1.77. The molecule has 1 aromatic carbocycles. The second-order valence-corrected chi connectivity index (χ2v) is 4.87. The molecule has 1 atom stereocenters. The number of halogens is 1. The number of ether oxygens (including phenoxy) is 1. The summed E-state index contributed by atoms with van der Waals surface area (Å²) in [6.07, 6.45) is 5.75. The molecule has 1 heterocycles. The number of rotatable bonds is 3. The second-order valence-electron chi connectivity index (χ2n) is 3.73. The molecule has 2 nitrogen and oxygen atoms in total. The molecule has 0 saturated heterocycles. The average molecular weight is 251 g/mol. The van der Waals surface area contributed by atoms with E-state index >= 15 is 0 Å². The van der Waals surface area contributed by atoms with E-state index in [0.717, 1.165) is 12.1 Å². The zero-order chi connectivity index (χ0) is 12.1. The van der Waals surface area contributed by atoms with Gasteiger partial charge in [0.1, 0.15) is 12.4 Å². The Hall–Kier alpha value is -1.29. The van der Waals surface area contributed by atoms with Crippen molar-refractivity contribution in [3.63, 3.8) is 0 Å². The number of aliphatic imine (C=N–C) groups is 1. The van der Waals surface area contributed by atoms with Crippen molar-refractivity contribution in [1.29, 1.82) is 0 Å². The van der Waals surface area contributed by atoms with Gasteiger partial charge in [0.25, 0.3) is 0 Å². The van der Waals surface area contributed by atoms with Crippen LogP contribution in [0.2, 0.25) is 0 Å². The second kappa shape index (κ2) is 5.87. The SMILES string of the molecule is CSC1CN=C(C=Cc2ccc(F)cc2)OC1. The molecule has 90 valence electrons. The van der Waals surface area contributed by atoms with E-state index in [2.05, 4.69) is 11.2 Å². The largest absolute Gasteiger partial charge is 0.477 e. The monoisotopic (exact) mass is 251 g/mol. The van der Waals surface area contributed by atoms with E-state index in [1.807, 2.05) is 12.2 Å². The fourth-order valence-corrected chi connectivity index (χ4v) is 1.88. The third-order valence-corrected chi connectivity index (χ3v) is 3.44. The van der Waals surface area contributed by atoms with Crippen molar-refractivity contribution in [2.75, 3.05) is 19.4 Å². The molecule has 0 bridgehead atoms. The van der Waals surface area contributed by atoms with Crippen LogP contribution >= 0.6 is 11.8 Å². The first-order chi connectivity index (χ1) is 8.28. The van der Waals surface area contributed by atoms with Gasteiger partial charge in [-0.05, 0) is 30.0 Å². The van der Waals surface area contributed by atoms with Gasteiger partial charge in [0.15, 0.2) is 0 Å². The van der Waals surface area contributed by atoms with Gasteiger partial charge >= 0.3 is 0 Å². The molecule has 0 amide bonds. The topological polar surface area (TPSA) is 21.6 Å². The van der Waals surface area contributed by atoms with Crippen LogP contribution in [0, 0.1) is 5.82 Å². The van der Waals surface area contributed by atoms with Gasteiger partial charge < -0.3 is 4.74 Å². The molecule has 0 N–H and O–H groups in total. The Balaban J connectivity index is 1.97. The quantitative estimate of drug-likeness (QED) is 0.823. The highest BCUT2D eigenvalue weighted by Crippen LogP contribution is 2.13. The summed E-state index contributed by atoms with van der Waals surface area (Å²) < 4.78 is 18.2. The van der Waals surface area contributed by atoms with Gasteiger partial charge in [0.05, 0.1) is 11.8 Å². The van der Waals surface area contributed by atoms with E-state index in [4.69, 9.17) is 4.74 Å². The molecule has 0 aromatic heterocycles. The third-order valence-electron chi connectivity index (χ3n) is 2.49. The number of thioether (sulfide) groups is 1. The summed E-state index contributed by atoms with van der Waals surface area (Å²) in [5, 5.41) is 0.456. The number of nitrogens with zero attached hydrogens (tertiary/aromatic N) is 1. The van der Waals surface area contributed by atoms with E-state index in [0.29, 0.717) is 17.8 Å². The van der Waals surface area contributed by atoms with E-state index in [9.17, 15) is 4.39 Å². The van der Waals surface area contributed by atoms with Crippen LogP contribution in [-0.2, 0) is 4.74 Å². The Bertz CT molecular complexity index is 428. The number of hydrogen-bond acceptors (Lipinski definition) is 3. The zero-order valence-corrected chi connectivity index (χ0v) is 10.4. The van der Waals surface area contributed by atoms with Crippen molar-refractivity contribution >= 4 is 23.7 Å². The maximum absolute atomic E-state index is 12.7. The number of hydrogen-bond donors (Lipinski definition) is 0. The van der Waals surface area contributed by atoms with Gasteiger partial charge in [-0.2, -0.15) is 11.8 Å². The molecule has 0 spiro atoms. The first-order valence-electron chi connectivity index (χ1n) is 5.41. The summed E-state index contributed by atoms with van der Waals surface area (Å²) in [6, 6.07) is 6.32. The van der Waals surface area contributed by atoms with E-state index < -0.39 is 0 Å². The lowest BCUT2D eigenvalue weighted by Crippen LogP contribution is -2.23. The van der Waals surface area contributed by atoms with Crippen LogP contribution in [0.5, 0.6) is 0 Å². The Kier molecular flexibility index (Phi) is 4.20. The molecule has 2 rings (SSSR count). The van der Waals surface area contributed by atoms with Crippen molar-refractivity contribution in [2.45, 2.75) is 5.25 Å². The normalized spacial score (nSPS) is 20.1. The standard InChI is InChI=1S/C13H14FNOS/c1-17-12-8-15-13(16-9-12)7-4-10-2-5-11(14)6-3-10/h2-7,12H,8-9H2,1H3. The van der Waals surface area contributed by atoms with E-state index in [1.165, 1.54) is 12.1 Å². The van der Waals surface area contributed by atoms with Crippen molar-refractivity contribution in [3.8, 4) is 0 Å². The molecule has 0 fully saturated rings. The third kappa shape index (κ3) is 3.60. The molecule has 1 aliphatic heterocycles. The first kappa shape index (κ1) is 12.2. The minimum absolute atomic E-state index is 0.226. The highest BCUT2D eigenvalue weighted by Gasteiger charge is 2.13. The van der Waals surface area contributed by atoms with Gasteiger partial charge in [-0.15, -0.1) is 0 Å². The molecule has 17 heavy (non-hydrogen) atoms. The minimum Gasteiger partial charge on any atom is -0.477 e. The lowest BCUT2D eigenvalue weighted by molar-refractivity contribution is 0.291. The predicted molar refractivity (Wildman–Crippen MR) is 71.0 cm³/mol. The highest BCUT2D eigenvalue weighted by atomic mass is 32.2. The van der Waals surface area contributed by atoms with Gasteiger partial charge in [-0.1, -0.05) is 12.1 Å². The van der Waals surface area contributed by atoms with Crippen molar-refractivity contribution in [3.05, 3.63) is 41.7 Å². The zero-order valence-electron chi connectivity index (χ0n) is 9.60. The Morgan fingerprint density at radius 1 is 1.35 bits per heavy atom. The van der Waals surface area contributed by atoms with E-state index in [1.54, 1.807) is 23.9 Å². The van der Waals surface area contributed by atoms with Gasteiger partial charge in [0, 0.05) is 6.08 Å². The fraction of sp³-hybridized carbons (Fsp3) is 0.308. The van der Waals surface area contributed by atoms with Crippen LogP contribution in [-0.4, -0.2) is 30.6 Å².